The molecule has 0 spiro atoms. The monoisotopic (exact) mass is 505 g/mol. The van der Waals surface area contributed by atoms with Crippen LogP contribution < -0.4 is 10.0 Å². The molecule has 0 bridgehead atoms. The number of sulfonamides is 2. The van der Waals surface area contributed by atoms with Crippen LogP contribution in [0.15, 0.2) is 81.2 Å². The summed E-state index contributed by atoms with van der Waals surface area (Å²) >= 11 is 1.15. The zero-order valence-electron chi connectivity index (χ0n) is 17.5. The van der Waals surface area contributed by atoms with E-state index < -0.39 is 26.0 Å². The summed E-state index contributed by atoms with van der Waals surface area (Å²) in [6, 6.07) is 17.7. The normalized spacial score (nSPS) is 17.4. The molecule has 2 heterocycles. The molecule has 0 saturated carbocycles. The third kappa shape index (κ3) is 5.44. The van der Waals surface area contributed by atoms with Crippen LogP contribution in [0.2, 0.25) is 0 Å². The third-order valence-corrected chi connectivity index (χ3v) is 9.94. The van der Waals surface area contributed by atoms with Crippen molar-refractivity contribution in [2.75, 3.05) is 23.1 Å². The van der Waals surface area contributed by atoms with Crippen molar-refractivity contribution in [2.45, 2.75) is 21.9 Å². The Kier molecular flexibility index (Phi) is 6.84. The van der Waals surface area contributed by atoms with Crippen molar-refractivity contribution in [2.24, 2.45) is 5.92 Å². The Morgan fingerprint density at radius 3 is 2.30 bits per heavy atom. The van der Waals surface area contributed by atoms with Gasteiger partial charge < -0.3 is 5.32 Å². The number of carbonyl (C=O) groups is 1. The molecule has 2 N–H and O–H groups in total. The lowest BCUT2D eigenvalue weighted by Crippen LogP contribution is -2.43. The third-order valence-electron chi connectivity index (χ3n) is 5.30. The highest BCUT2D eigenvalue weighted by Gasteiger charge is 2.33. The Morgan fingerprint density at radius 2 is 1.64 bits per heavy atom. The van der Waals surface area contributed by atoms with E-state index in [2.05, 4.69) is 10.0 Å². The van der Waals surface area contributed by atoms with Gasteiger partial charge in [-0.3, -0.25) is 9.52 Å². The lowest BCUT2D eigenvalue weighted by Gasteiger charge is -2.30. The maximum Gasteiger partial charge on any atom is 0.261 e. The Balaban J connectivity index is 1.40. The summed E-state index contributed by atoms with van der Waals surface area (Å²) in [5.41, 5.74) is 0.895. The first-order valence-corrected chi connectivity index (χ1v) is 14.1. The van der Waals surface area contributed by atoms with E-state index in [4.69, 9.17) is 0 Å². The standard InChI is InChI=1S/C22H23N3O5S3/c26-22(17-6-4-14-25(16-17)33(29,30)21-9-5-15-31-21)23-18-10-12-20(13-11-18)32(27,28)24-19-7-2-1-3-8-19/h1-3,5,7-13,15,17,24H,4,6,14,16H2,(H,23,26)/t17-/m1/s1. The van der Waals surface area contributed by atoms with Gasteiger partial charge in [0.1, 0.15) is 4.21 Å². The van der Waals surface area contributed by atoms with Gasteiger partial charge >= 0.3 is 0 Å². The molecule has 1 aliphatic heterocycles. The molecule has 1 fully saturated rings. The summed E-state index contributed by atoms with van der Waals surface area (Å²) in [4.78, 5) is 12.9. The van der Waals surface area contributed by atoms with Crippen LogP contribution in [0.3, 0.4) is 0 Å². The quantitative estimate of drug-likeness (QED) is 0.510. The SMILES string of the molecule is O=C(Nc1ccc(S(=O)(=O)Nc2ccccc2)cc1)[C@@H]1CCCN(S(=O)(=O)c2cccs2)C1. The largest absolute Gasteiger partial charge is 0.326 e. The predicted octanol–water partition coefficient (Wildman–Crippen LogP) is 3.59. The van der Waals surface area contributed by atoms with E-state index in [1.54, 1.807) is 47.8 Å². The summed E-state index contributed by atoms with van der Waals surface area (Å²) in [6.45, 7) is 0.491. The van der Waals surface area contributed by atoms with E-state index in [1.165, 1.54) is 28.6 Å². The number of hydrogen-bond donors (Lipinski definition) is 2. The average Bonchev–Trinajstić information content (AvgIpc) is 3.36. The highest BCUT2D eigenvalue weighted by atomic mass is 32.2. The zero-order valence-corrected chi connectivity index (χ0v) is 20.0. The summed E-state index contributed by atoms with van der Waals surface area (Å²) in [5, 5.41) is 4.48. The van der Waals surface area contributed by atoms with Crippen molar-refractivity contribution < 1.29 is 21.6 Å². The molecule has 1 aromatic heterocycles. The van der Waals surface area contributed by atoms with Gasteiger partial charge in [-0.2, -0.15) is 4.31 Å². The second-order valence-electron chi connectivity index (χ2n) is 7.62. The van der Waals surface area contributed by atoms with Crippen molar-refractivity contribution in [1.82, 2.24) is 4.31 Å². The molecular formula is C22H23N3O5S3. The number of thiophene rings is 1. The molecule has 174 valence electrons. The van der Waals surface area contributed by atoms with Gasteiger partial charge in [-0.05, 0) is 60.7 Å². The van der Waals surface area contributed by atoms with Crippen LogP contribution in [0.4, 0.5) is 11.4 Å². The molecule has 0 unspecified atom stereocenters. The maximum atomic E-state index is 12.8. The van der Waals surface area contributed by atoms with Crippen LogP contribution in [0.1, 0.15) is 12.8 Å². The van der Waals surface area contributed by atoms with E-state index in [0.717, 1.165) is 11.3 Å². The van der Waals surface area contributed by atoms with E-state index in [9.17, 15) is 21.6 Å². The fraction of sp³-hybridized carbons (Fsp3) is 0.227. The van der Waals surface area contributed by atoms with Crippen molar-refractivity contribution in [3.8, 4) is 0 Å². The zero-order chi connectivity index (χ0) is 23.5. The molecule has 1 amide bonds. The fourth-order valence-corrected chi connectivity index (χ4v) is 7.32. The minimum absolute atomic E-state index is 0.0650. The number of amides is 1. The number of hydrogen-bond acceptors (Lipinski definition) is 6. The van der Waals surface area contributed by atoms with Gasteiger partial charge in [0.05, 0.1) is 10.8 Å². The Bertz CT molecular complexity index is 1310. The summed E-state index contributed by atoms with van der Waals surface area (Å²) in [5.74, 6) is -0.782. The minimum Gasteiger partial charge on any atom is -0.326 e. The summed E-state index contributed by atoms with van der Waals surface area (Å²) in [6.07, 6.45) is 1.17. The van der Waals surface area contributed by atoms with Gasteiger partial charge in [0.25, 0.3) is 20.0 Å². The highest BCUT2D eigenvalue weighted by Crippen LogP contribution is 2.27. The summed E-state index contributed by atoms with van der Waals surface area (Å²) < 4.78 is 54.8. The number of carbonyl (C=O) groups excluding carboxylic acids is 1. The first-order chi connectivity index (χ1) is 15.8. The molecular weight excluding hydrogens is 482 g/mol. The van der Waals surface area contributed by atoms with E-state index in [1.807, 2.05) is 0 Å². The molecule has 2 aromatic carbocycles. The Morgan fingerprint density at radius 1 is 0.909 bits per heavy atom. The molecule has 0 aliphatic carbocycles. The first kappa shape index (κ1) is 23.4. The lowest BCUT2D eigenvalue weighted by atomic mass is 9.99. The van der Waals surface area contributed by atoms with Crippen LogP contribution in [-0.2, 0) is 24.8 Å². The first-order valence-electron chi connectivity index (χ1n) is 10.3. The van der Waals surface area contributed by atoms with Crippen LogP contribution in [0, 0.1) is 5.92 Å². The van der Waals surface area contributed by atoms with Crippen molar-refractivity contribution in [3.05, 3.63) is 72.1 Å². The molecule has 3 aromatic rings. The topological polar surface area (TPSA) is 113 Å². The molecule has 4 rings (SSSR count). The van der Waals surface area contributed by atoms with Gasteiger partial charge in [-0.15, -0.1) is 11.3 Å². The van der Waals surface area contributed by atoms with Crippen LogP contribution >= 0.6 is 11.3 Å². The van der Waals surface area contributed by atoms with Gasteiger partial charge in [0, 0.05) is 24.5 Å². The van der Waals surface area contributed by atoms with Crippen LogP contribution in [-0.4, -0.2) is 40.1 Å². The van der Waals surface area contributed by atoms with E-state index >= 15 is 0 Å². The Hall–Kier alpha value is -2.73. The Labute approximate surface area is 197 Å². The van der Waals surface area contributed by atoms with Gasteiger partial charge in [0.2, 0.25) is 5.91 Å². The lowest BCUT2D eigenvalue weighted by molar-refractivity contribution is -0.120. The van der Waals surface area contributed by atoms with E-state index in [-0.39, 0.29) is 21.6 Å². The molecule has 11 heteroatoms. The van der Waals surface area contributed by atoms with Crippen molar-refractivity contribution in [3.63, 3.8) is 0 Å². The predicted molar refractivity (Wildman–Crippen MR) is 128 cm³/mol. The van der Waals surface area contributed by atoms with Gasteiger partial charge in [-0.25, -0.2) is 16.8 Å². The molecule has 8 nitrogen and oxygen atoms in total. The number of piperidine rings is 1. The number of nitrogens with zero attached hydrogens (tertiary/aromatic N) is 1. The van der Waals surface area contributed by atoms with Crippen molar-refractivity contribution >= 4 is 48.7 Å². The highest BCUT2D eigenvalue weighted by molar-refractivity contribution is 7.92. The number of nitrogens with one attached hydrogen (secondary N) is 2. The average molecular weight is 506 g/mol. The molecule has 0 radical (unpaired) electrons. The van der Waals surface area contributed by atoms with Crippen LogP contribution in [0.5, 0.6) is 0 Å². The van der Waals surface area contributed by atoms with Crippen LogP contribution in [0.25, 0.3) is 0 Å². The number of benzene rings is 2. The van der Waals surface area contributed by atoms with E-state index in [0.29, 0.717) is 30.8 Å². The number of rotatable bonds is 7. The molecule has 1 saturated heterocycles. The number of para-hydroxylation sites is 1. The molecule has 33 heavy (non-hydrogen) atoms. The van der Waals surface area contributed by atoms with Gasteiger partial charge in [0.15, 0.2) is 0 Å². The summed E-state index contributed by atoms with van der Waals surface area (Å²) in [7, 11) is -7.37. The molecule has 1 atom stereocenters. The second kappa shape index (κ2) is 9.64. The van der Waals surface area contributed by atoms with Gasteiger partial charge in [-0.1, -0.05) is 24.3 Å². The second-order valence-corrected chi connectivity index (χ2v) is 12.4. The minimum atomic E-state index is -3.76. The fourth-order valence-electron chi connectivity index (χ4n) is 3.59. The molecule has 1 aliphatic rings. The number of anilines is 2. The smallest absolute Gasteiger partial charge is 0.261 e. The maximum absolute atomic E-state index is 12.8. The van der Waals surface area contributed by atoms with Crippen molar-refractivity contribution in [1.29, 1.82) is 0 Å².